The summed E-state index contributed by atoms with van der Waals surface area (Å²) in [6, 6.07) is 0. The molecule has 1 fully saturated rings. The number of tetrazole rings is 1. The highest BCUT2D eigenvalue weighted by Gasteiger charge is 2.27. The normalized spacial score (nSPS) is 17.8. The van der Waals surface area contributed by atoms with Gasteiger partial charge in [0.05, 0.1) is 6.54 Å². The Morgan fingerprint density at radius 2 is 2.19 bits per heavy atom. The number of aromatic nitrogens is 6. The summed E-state index contributed by atoms with van der Waals surface area (Å²) in [5.74, 6) is 2.30. The Kier molecular flexibility index (Phi) is 5.97. The fourth-order valence-corrected chi connectivity index (χ4v) is 3.41. The molecule has 2 aromatic rings. The number of nitrogens with zero attached hydrogens (tertiary/aromatic N) is 8. The topological polar surface area (TPSA) is 85.0 Å². The van der Waals surface area contributed by atoms with E-state index in [1.165, 1.54) is 0 Å². The molecule has 0 spiro atoms. The van der Waals surface area contributed by atoms with Crippen LogP contribution in [-0.4, -0.2) is 79.2 Å². The number of amides is 1. The van der Waals surface area contributed by atoms with Crippen LogP contribution in [-0.2, 0) is 17.9 Å². The number of piperidine rings is 1. The van der Waals surface area contributed by atoms with Crippen LogP contribution in [0.15, 0.2) is 12.4 Å². The molecule has 3 rings (SSSR count). The van der Waals surface area contributed by atoms with E-state index in [9.17, 15) is 4.79 Å². The summed E-state index contributed by atoms with van der Waals surface area (Å²) < 4.78 is 3.90. The predicted octanol–water partition coefficient (Wildman–Crippen LogP) is 0.536. The van der Waals surface area contributed by atoms with Gasteiger partial charge in [0.2, 0.25) is 5.91 Å². The maximum absolute atomic E-state index is 12.6. The number of rotatable bonds is 7. The van der Waals surface area contributed by atoms with Gasteiger partial charge in [-0.25, -0.2) is 9.67 Å². The molecular weight excluding hydrogens is 332 g/mol. The highest BCUT2D eigenvalue weighted by atomic mass is 16.2. The smallest absolute Gasteiger partial charge is 0.224 e. The molecule has 0 radical (unpaired) electrons. The summed E-state index contributed by atoms with van der Waals surface area (Å²) in [4.78, 5) is 21.4. The fourth-order valence-electron chi connectivity index (χ4n) is 3.41. The zero-order chi connectivity index (χ0) is 18.5. The molecule has 3 heterocycles. The first-order valence-electron chi connectivity index (χ1n) is 9.21. The average molecular weight is 360 g/mol. The Morgan fingerprint density at radius 1 is 1.35 bits per heavy atom. The minimum atomic E-state index is 0.163. The molecule has 26 heavy (non-hydrogen) atoms. The van der Waals surface area contributed by atoms with E-state index in [0.29, 0.717) is 18.9 Å². The van der Waals surface area contributed by atoms with E-state index in [1.807, 2.05) is 24.2 Å². The van der Waals surface area contributed by atoms with Crippen LogP contribution in [0.5, 0.6) is 0 Å². The third-order valence-electron chi connectivity index (χ3n) is 4.92. The highest BCUT2D eigenvalue weighted by molar-refractivity contribution is 5.76. The van der Waals surface area contributed by atoms with Crippen molar-refractivity contribution >= 4 is 5.91 Å². The summed E-state index contributed by atoms with van der Waals surface area (Å²) in [7, 11) is 4.15. The SMILES string of the molecule is Cc1nnnn1CCC(=O)N1CCC[C@H](c2nccn2CCN(C)C)C1. The van der Waals surface area contributed by atoms with Crippen molar-refractivity contribution in [2.75, 3.05) is 33.7 Å². The number of aryl methyl sites for hydroxylation is 2. The van der Waals surface area contributed by atoms with Gasteiger partial charge in [0, 0.05) is 50.9 Å². The molecule has 0 bridgehead atoms. The van der Waals surface area contributed by atoms with Crippen LogP contribution in [0.4, 0.5) is 0 Å². The molecule has 0 unspecified atom stereocenters. The summed E-state index contributed by atoms with van der Waals surface area (Å²) in [6.07, 6.45) is 6.43. The van der Waals surface area contributed by atoms with Gasteiger partial charge in [0.1, 0.15) is 11.6 Å². The van der Waals surface area contributed by atoms with Crippen LogP contribution >= 0.6 is 0 Å². The number of hydrogen-bond donors (Lipinski definition) is 0. The van der Waals surface area contributed by atoms with Crippen molar-refractivity contribution in [1.29, 1.82) is 0 Å². The van der Waals surface area contributed by atoms with Crippen LogP contribution < -0.4 is 0 Å². The van der Waals surface area contributed by atoms with Crippen molar-refractivity contribution in [3.8, 4) is 0 Å². The van der Waals surface area contributed by atoms with Crippen LogP contribution in [0, 0.1) is 6.92 Å². The quantitative estimate of drug-likeness (QED) is 0.716. The second-order valence-corrected chi connectivity index (χ2v) is 7.16. The summed E-state index contributed by atoms with van der Waals surface area (Å²) in [6.45, 7) is 5.83. The molecule has 142 valence electrons. The predicted molar refractivity (Wildman–Crippen MR) is 96.5 cm³/mol. The van der Waals surface area contributed by atoms with Crippen molar-refractivity contribution in [2.24, 2.45) is 0 Å². The van der Waals surface area contributed by atoms with Crippen molar-refractivity contribution in [3.63, 3.8) is 0 Å². The van der Waals surface area contributed by atoms with Crippen molar-refractivity contribution in [3.05, 3.63) is 24.0 Å². The van der Waals surface area contributed by atoms with Gasteiger partial charge >= 0.3 is 0 Å². The van der Waals surface area contributed by atoms with Crippen LogP contribution in [0.3, 0.4) is 0 Å². The first-order valence-corrected chi connectivity index (χ1v) is 9.21. The Balaban J connectivity index is 1.58. The number of carbonyl (C=O) groups excluding carboxylic acids is 1. The molecular formula is C17H28N8O. The minimum Gasteiger partial charge on any atom is -0.342 e. The molecule has 9 heteroatoms. The molecule has 0 N–H and O–H groups in total. The van der Waals surface area contributed by atoms with Gasteiger partial charge in [-0.3, -0.25) is 4.79 Å². The summed E-state index contributed by atoms with van der Waals surface area (Å²) in [5, 5.41) is 11.4. The van der Waals surface area contributed by atoms with Gasteiger partial charge in [-0.05, 0) is 44.3 Å². The van der Waals surface area contributed by atoms with E-state index in [2.05, 4.69) is 44.1 Å². The lowest BCUT2D eigenvalue weighted by Crippen LogP contribution is -2.40. The molecule has 1 atom stereocenters. The fraction of sp³-hybridized carbons (Fsp3) is 0.706. The largest absolute Gasteiger partial charge is 0.342 e. The zero-order valence-corrected chi connectivity index (χ0v) is 15.9. The lowest BCUT2D eigenvalue weighted by atomic mass is 9.96. The van der Waals surface area contributed by atoms with Gasteiger partial charge in [0.25, 0.3) is 0 Å². The van der Waals surface area contributed by atoms with Gasteiger partial charge in [0.15, 0.2) is 0 Å². The van der Waals surface area contributed by atoms with E-state index < -0.39 is 0 Å². The zero-order valence-electron chi connectivity index (χ0n) is 15.9. The number of likely N-dealkylation sites (tertiary alicyclic amines) is 1. The van der Waals surface area contributed by atoms with Crippen LogP contribution in [0.1, 0.15) is 36.8 Å². The Morgan fingerprint density at radius 3 is 2.92 bits per heavy atom. The molecule has 1 aliphatic heterocycles. The molecule has 1 saturated heterocycles. The van der Waals surface area contributed by atoms with E-state index in [0.717, 1.165) is 50.7 Å². The Labute approximate surface area is 154 Å². The van der Waals surface area contributed by atoms with Gasteiger partial charge < -0.3 is 14.4 Å². The second kappa shape index (κ2) is 8.39. The lowest BCUT2D eigenvalue weighted by molar-refractivity contribution is -0.132. The van der Waals surface area contributed by atoms with Crippen molar-refractivity contribution in [1.82, 2.24) is 39.6 Å². The van der Waals surface area contributed by atoms with Crippen molar-refractivity contribution in [2.45, 2.75) is 45.2 Å². The standard InChI is InChI=1S/C17H28N8O/c1-14-19-20-21-25(14)9-6-16(26)24-8-4-5-15(13-24)17-18-7-10-23(17)12-11-22(2)3/h7,10,15H,4-6,8-9,11-13H2,1-3H3/t15-/m0/s1. The van der Waals surface area contributed by atoms with Gasteiger partial charge in [-0.2, -0.15) is 0 Å². The molecule has 1 aliphatic rings. The highest BCUT2D eigenvalue weighted by Crippen LogP contribution is 2.26. The third kappa shape index (κ3) is 4.46. The molecule has 2 aromatic heterocycles. The number of likely N-dealkylation sites (N-methyl/N-ethyl adjacent to an activating group) is 1. The van der Waals surface area contributed by atoms with Crippen LogP contribution in [0.2, 0.25) is 0 Å². The molecule has 0 aromatic carbocycles. The van der Waals surface area contributed by atoms with Gasteiger partial charge in [-0.15, -0.1) is 5.10 Å². The lowest BCUT2D eigenvalue weighted by Gasteiger charge is -2.33. The molecule has 0 aliphatic carbocycles. The average Bonchev–Trinajstić information content (AvgIpc) is 3.26. The van der Waals surface area contributed by atoms with E-state index in [1.54, 1.807) is 4.68 Å². The van der Waals surface area contributed by atoms with E-state index in [-0.39, 0.29) is 5.91 Å². The first-order chi connectivity index (χ1) is 12.5. The second-order valence-electron chi connectivity index (χ2n) is 7.16. The van der Waals surface area contributed by atoms with Crippen LogP contribution in [0.25, 0.3) is 0 Å². The minimum absolute atomic E-state index is 0.163. The number of imidazole rings is 1. The maximum atomic E-state index is 12.6. The third-order valence-corrected chi connectivity index (χ3v) is 4.92. The molecule has 1 amide bonds. The van der Waals surface area contributed by atoms with E-state index >= 15 is 0 Å². The number of hydrogen-bond acceptors (Lipinski definition) is 6. The molecule has 0 saturated carbocycles. The van der Waals surface area contributed by atoms with E-state index in [4.69, 9.17) is 0 Å². The summed E-state index contributed by atoms with van der Waals surface area (Å²) >= 11 is 0. The maximum Gasteiger partial charge on any atom is 0.224 e. The monoisotopic (exact) mass is 360 g/mol. The molecule has 9 nitrogen and oxygen atoms in total. The number of carbonyl (C=O) groups is 1. The van der Waals surface area contributed by atoms with Gasteiger partial charge in [-0.1, -0.05) is 0 Å². The van der Waals surface area contributed by atoms with Crippen molar-refractivity contribution < 1.29 is 4.79 Å². The Hall–Kier alpha value is -2.29. The first kappa shape index (κ1) is 18.5. The Bertz CT molecular complexity index is 722. The summed E-state index contributed by atoms with van der Waals surface area (Å²) in [5.41, 5.74) is 0.